The summed E-state index contributed by atoms with van der Waals surface area (Å²) in [5, 5.41) is 2.54. The van der Waals surface area contributed by atoms with Crippen molar-refractivity contribution in [1.29, 1.82) is 0 Å². The number of rotatable bonds is 0. The predicted molar refractivity (Wildman–Crippen MR) is 41.6 cm³/mol. The van der Waals surface area contributed by atoms with Gasteiger partial charge in [-0.3, -0.25) is 9.59 Å². The first-order valence-electron chi connectivity index (χ1n) is 3.79. The second-order valence-electron chi connectivity index (χ2n) is 2.57. The largest absolute Gasteiger partial charge is 0.462 e. The van der Waals surface area contributed by atoms with Crippen LogP contribution in [0.5, 0.6) is 0 Å². The van der Waals surface area contributed by atoms with Crippen LogP contribution in [0.1, 0.15) is 0 Å². The number of amides is 2. The molecule has 0 aromatic rings. The molecule has 1 aliphatic heterocycles. The van der Waals surface area contributed by atoms with Crippen molar-refractivity contribution < 1.29 is 19.1 Å². The molecule has 0 radical (unpaired) electrons. The first-order chi connectivity index (χ1) is 6.15. The van der Waals surface area contributed by atoms with Crippen LogP contribution in [0.15, 0.2) is 0 Å². The number of nitrogens with zero attached hydrogens (tertiary/aromatic N) is 1. The van der Waals surface area contributed by atoms with E-state index in [1.165, 1.54) is 0 Å². The normalized spacial score (nSPS) is 16.4. The first kappa shape index (κ1) is 9.50. The van der Waals surface area contributed by atoms with Crippen molar-refractivity contribution in [1.82, 2.24) is 10.2 Å². The Morgan fingerprint density at radius 2 is 2.23 bits per heavy atom. The van der Waals surface area contributed by atoms with Gasteiger partial charge in [-0.15, -0.1) is 0 Å². The Balaban J connectivity index is 2.56. The second kappa shape index (κ2) is 3.88. The van der Waals surface area contributed by atoms with E-state index in [9.17, 15) is 14.4 Å². The molecular weight excluding hydrogens is 176 g/mol. The summed E-state index contributed by atoms with van der Waals surface area (Å²) < 4.78 is 4.24. The first-order valence-corrected chi connectivity index (χ1v) is 3.79. The van der Waals surface area contributed by atoms with Crippen LogP contribution in [0.25, 0.3) is 0 Å². The number of esters is 1. The highest BCUT2D eigenvalue weighted by Gasteiger charge is 2.26. The Labute approximate surface area is 74.8 Å². The average Bonchev–Trinajstić information content (AvgIpc) is 2.15. The number of carbonyl (C=O) groups excluding carboxylic acids is 3. The average molecular weight is 186 g/mol. The van der Waals surface area contributed by atoms with Crippen molar-refractivity contribution in [2.24, 2.45) is 0 Å². The minimum Gasteiger partial charge on any atom is -0.462 e. The summed E-state index contributed by atoms with van der Waals surface area (Å²) in [4.78, 5) is 33.9. The molecule has 0 unspecified atom stereocenters. The number of piperazine rings is 1. The van der Waals surface area contributed by atoms with Crippen molar-refractivity contribution in [3.63, 3.8) is 0 Å². The maximum absolute atomic E-state index is 11.1. The van der Waals surface area contributed by atoms with Crippen LogP contribution in [0.4, 0.5) is 0 Å². The molecule has 0 aromatic carbocycles. The van der Waals surface area contributed by atoms with Crippen LogP contribution in [0.3, 0.4) is 0 Å². The van der Waals surface area contributed by atoms with E-state index in [0.717, 1.165) is 12.0 Å². The minimum absolute atomic E-state index is 0.0755. The van der Waals surface area contributed by atoms with Gasteiger partial charge in [-0.1, -0.05) is 0 Å². The Bertz CT molecular complexity index is 251. The van der Waals surface area contributed by atoms with Gasteiger partial charge in [0, 0.05) is 13.1 Å². The highest BCUT2D eigenvalue weighted by Crippen LogP contribution is 1.95. The topological polar surface area (TPSA) is 75.7 Å². The van der Waals surface area contributed by atoms with Gasteiger partial charge in [0.2, 0.25) is 5.91 Å². The number of hydrogen-bond acceptors (Lipinski definition) is 4. The molecule has 13 heavy (non-hydrogen) atoms. The van der Waals surface area contributed by atoms with Crippen molar-refractivity contribution in [3.8, 4) is 0 Å². The third-order valence-electron chi connectivity index (χ3n) is 1.69. The van der Waals surface area contributed by atoms with Gasteiger partial charge in [0.1, 0.15) is 6.54 Å². The van der Waals surface area contributed by atoms with Crippen LogP contribution in [-0.2, 0) is 19.1 Å². The van der Waals surface area contributed by atoms with E-state index >= 15 is 0 Å². The number of ether oxygens (including phenoxy) is 1. The molecule has 0 bridgehead atoms. The molecule has 1 N–H and O–H groups in total. The van der Waals surface area contributed by atoms with E-state index < -0.39 is 11.9 Å². The zero-order valence-corrected chi connectivity index (χ0v) is 7.20. The highest BCUT2D eigenvalue weighted by molar-refractivity contribution is 6.32. The Kier molecular flexibility index (Phi) is 2.84. The lowest BCUT2D eigenvalue weighted by Crippen LogP contribution is -2.52. The molecule has 0 aromatic heterocycles. The van der Waals surface area contributed by atoms with Crippen molar-refractivity contribution >= 4 is 17.8 Å². The molecule has 0 saturated carbocycles. The molecule has 72 valence electrons. The lowest BCUT2D eigenvalue weighted by atomic mass is 10.3. The maximum atomic E-state index is 11.1. The third kappa shape index (κ3) is 2.17. The molecule has 0 atom stereocenters. The fraction of sp³-hybridized carbons (Fsp3) is 0.571. The fourth-order valence-corrected chi connectivity index (χ4v) is 1.03. The van der Waals surface area contributed by atoms with Gasteiger partial charge in [0.25, 0.3) is 0 Å². The molecule has 6 nitrogen and oxygen atoms in total. The lowest BCUT2D eigenvalue weighted by molar-refractivity contribution is -0.159. The van der Waals surface area contributed by atoms with Gasteiger partial charge in [-0.25, -0.2) is 4.79 Å². The van der Waals surface area contributed by atoms with Gasteiger partial charge < -0.3 is 15.0 Å². The quantitative estimate of drug-likeness (QED) is 0.355. The Morgan fingerprint density at radius 3 is 2.77 bits per heavy atom. The number of hydrogen-bond donors (Lipinski definition) is 1. The summed E-state index contributed by atoms with van der Waals surface area (Å²) in [7, 11) is 1.13. The van der Waals surface area contributed by atoms with Crippen molar-refractivity contribution in [2.75, 3.05) is 26.7 Å². The number of nitrogens with one attached hydrogen (secondary N) is 1. The van der Waals surface area contributed by atoms with Crippen LogP contribution in [-0.4, -0.2) is 49.4 Å². The molecule has 0 aliphatic carbocycles. The lowest BCUT2D eigenvalue weighted by Gasteiger charge is -2.25. The maximum Gasteiger partial charge on any atom is 0.396 e. The molecule has 1 saturated heterocycles. The predicted octanol–water partition coefficient (Wildman–Crippen LogP) is -1.88. The smallest absolute Gasteiger partial charge is 0.396 e. The van der Waals surface area contributed by atoms with E-state index in [1.54, 1.807) is 0 Å². The van der Waals surface area contributed by atoms with Gasteiger partial charge >= 0.3 is 11.9 Å². The van der Waals surface area contributed by atoms with Gasteiger partial charge in [0.05, 0.1) is 7.11 Å². The van der Waals surface area contributed by atoms with Crippen LogP contribution < -0.4 is 5.32 Å². The summed E-state index contributed by atoms with van der Waals surface area (Å²) in [5.74, 6) is -1.96. The van der Waals surface area contributed by atoms with Gasteiger partial charge in [0.15, 0.2) is 0 Å². The number of methoxy groups -OCH3 is 1. The number of carbonyl (C=O) groups is 3. The minimum atomic E-state index is -0.935. The van der Waals surface area contributed by atoms with Crippen LogP contribution >= 0.6 is 0 Å². The standard InChI is InChI=1S/C7H10N2O4/c1-13-7(12)6(11)9-3-2-8-5(10)4-9/h2-4H2,1H3,(H,8,10). The molecule has 0 spiro atoms. The van der Waals surface area contributed by atoms with Crippen LogP contribution in [0.2, 0.25) is 0 Å². The highest BCUT2D eigenvalue weighted by atomic mass is 16.5. The van der Waals surface area contributed by atoms with Crippen molar-refractivity contribution in [2.45, 2.75) is 0 Å². The van der Waals surface area contributed by atoms with E-state index in [2.05, 4.69) is 10.1 Å². The molecule has 1 heterocycles. The Hall–Kier alpha value is -1.59. The molecule has 1 fully saturated rings. The molecule has 6 heteroatoms. The summed E-state index contributed by atoms with van der Waals surface area (Å²) in [5.41, 5.74) is 0. The molecule has 2 amide bonds. The van der Waals surface area contributed by atoms with E-state index in [4.69, 9.17) is 0 Å². The molecule has 1 aliphatic rings. The summed E-state index contributed by atoms with van der Waals surface area (Å²) in [6, 6.07) is 0. The van der Waals surface area contributed by atoms with E-state index in [1.807, 2.05) is 0 Å². The summed E-state index contributed by atoms with van der Waals surface area (Å²) in [6.45, 7) is 0.648. The van der Waals surface area contributed by atoms with Gasteiger partial charge in [-0.2, -0.15) is 0 Å². The van der Waals surface area contributed by atoms with Gasteiger partial charge in [-0.05, 0) is 0 Å². The second-order valence-corrected chi connectivity index (χ2v) is 2.57. The van der Waals surface area contributed by atoms with Crippen molar-refractivity contribution in [3.05, 3.63) is 0 Å². The third-order valence-corrected chi connectivity index (χ3v) is 1.69. The monoisotopic (exact) mass is 186 g/mol. The van der Waals surface area contributed by atoms with E-state index in [0.29, 0.717) is 13.1 Å². The Morgan fingerprint density at radius 1 is 1.54 bits per heavy atom. The fourth-order valence-electron chi connectivity index (χ4n) is 1.03. The summed E-state index contributed by atoms with van der Waals surface area (Å²) >= 11 is 0. The SMILES string of the molecule is COC(=O)C(=O)N1CCNC(=O)C1. The summed E-state index contributed by atoms with van der Waals surface area (Å²) in [6.07, 6.45) is 0. The zero-order valence-electron chi connectivity index (χ0n) is 7.20. The zero-order chi connectivity index (χ0) is 9.84. The molecular formula is C7H10N2O4. The van der Waals surface area contributed by atoms with E-state index in [-0.39, 0.29) is 12.5 Å². The molecule has 1 rings (SSSR count). The van der Waals surface area contributed by atoms with Crippen LogP contribution in [0, 0.1) is 0 Å².